The predicted octanol–water partition coefficient (Wildman–Crippen LogP) is 2.93. The lowest BCUT2D eigenvalue weighted by Crippen LogP contribution is -2.33. The molecule has 0 aliphatic rings. The second-order valence-electron chi connectivity index (χ2n) is 5.59. The summed E-state index contributed by atoms with van der Waals surface area (Å²) >= 11 is 6.15. The zero-order chi connectivity index (χ0) is 16.0. The summed E-state index contributed by atoms with van der Waals surface area (Å²) < 4.78 is 0. The van der Waals surface area contributed by atoms with E-state index < -0.39 is 0 Å². The van der Waals surface area contributed by atoms with Gasteiger partial charge in [-0.25, -0.2) is 4.79 Å². The van der Waals surface area contributed by atoms with Crippen LogP contribution in [-0.4, -0.2) is 37.9 Å². The van der Waals surface area contributed by atoms with Crippen molar-refractivity contribution in [2.45, 2.75) is 26.4 Å². The first-order chi connectivity index (χ1) is 9.79. The second-order valence-corrected chi connectivity index (χ2v) is 5.99. The van der Waals surface area contributed by atoms with Gasteiger partial charge in [0.25, 0.3) is 0 Å². The molecule has 0 bridgehead atoms. The zero-order valence-electron chi connectivity index (χ0n) is 13.0. The summed E-state index contributed by atoms with van der Waals surface area (Å²) in [5.41, 5.74) is 1.54. The molecule has 21 heavy (non-hydrogen) atoms. The highest BCUT2D eigenvalue weighted by Gasteiger charge is 2.09. The van der Waals surface area contributed by atoms with Crippen LogP contribution >= 0.6 is 11.6 Å². The van der Waals surface area contributed by atoms with E-state index in [1.807, 2.05) is 32.0 Å². The van der Waals surface area contributed by atoms with Gasteiger partial charge in [-0.3, -0.25) is 0 Å². The summed E-state index contributed by atoms with van der Waals surface area (Å²) in [6.45, 7) is 4.24. The molecule has 0 heterocycles. The first-order valence-electron chi connectivity index (χ1n) is 6.99. The molecular weight excluding hydrogens is 290 g/mol. The molecule has 1 aromatic rings. The maximum absolute atomic E-state index is 11.8. The first kappa shape index (κ1) is 17.6. The highest BCUT2D eigenvalue weighted by molar-refractivity contribution is 6.33. The van der Waals surface area contributed by atoms with E-state index in [1.165, 1.54) is 0 Å². The molecule has 6 heteroatoms. The number of carbonyl (C=O) groups is 1. The molecule has 1 rings (SSSR count). The number of aliphatic hydroxyl groups excluding tert-OH is 1. The molecule has 0 spiro atoms. The molecule has 0 saturated heterocycles. The van der Waals surface area contributed by atoms with E-state index in [4.69, 9.17) is 11.6 Å². The molecule has 0 saturated carbocycles. The van der Waals surface area contributed by atoms with Gasteiger partial charge in [-0.05, 0) is 37.5 Å². The fourth-order valence-electron chi connectivity index (χ4n) is 2.06. The van der Waals surface area contributed by atoms with Gasteiger partial charge in [-0.1, -0.05) is 18.5 Å². The van der Waals surface area contributed by atoms with Crippen LogP contribution in [0.3, 0.4) is 0 Å². The Hall–Kier alpha value is -1.46. The van der Waals surface area contributed by atoms with Gasteiger partial charge in [0.05, 0.1) is 16.8 Å². The van der Waals surface area contributed by atoms with Gasteiger partial charge in [-0.2, -0.15) is 0 Å². The van der Waals surface area contributed by atoms with Crippen molar-refractivity contribution in [1.82, 2.24) is 5.32 Å². The zero-order valence-corrected chi connectivity index (χ0v) is 13.7. The van der Waals surface area contributed by atoms with E-state index in [-0.39, 0.29) is 18.1 Å². The third-order valence-corrected chi connectivity index (χ3v) is 3.34. The summed E-state index contributed by atoms with van der Waals surface area (Å²) in [6, 6.07) is 5.10. The lowest BCUT2D eigenvalue weighted by Gasteiger charge is -2.16. The summed E-state index contributed by atoms with van der Waals surface area (Å²) in [5.74, 6) is 0.218. The molecule has 0 radical (unpaired) electrons. The van der Waals surface area contributed by atoms with Crippen LogP contribution in [0.25, 0.3) is 0 Å². The lowest BCUT2D eigenvalue weighted by molar-refractivity contribution is 0.163. The van der Waals surface area contributed by atoms with Gasteiger partial charge in [-0.15, -0.1) is 0 Å². The molecule has 0 fully saturated rings. The second kappa shape index (κ2) is 8.10. The number of urea groups is 1. The number of rotatable bonds is 6. The molecule has 5 nitrogen and oxygen atoms in total. The lowest BCUT2D eigenvalue weighted by atomic mass is 10.1. The summed E-state index contributed by atoms with van der Waals surface area (Å²) in [6.07, 6.45) is 0.297. The smallest absolute Gasteiger partial charge is 0.319 e. The standard InChI is InChI=1S/C15H24ClN3O2/c1-10(7-11(2)20)9-17-15(21)18-12-5-6-14(19(3)4)13(16)8-12/h5-6,8,10-11,20H,7,9H2,1-4H3,(H2,17,18,21). The number of nitrogens with one attached hydrogen (secondary N) is 2. The highest BCUT2D eigenvalue weighted by Crippen LogP contribution is 2.27. The van der Waals surface area contributed by atoms with E-state index in [1.54, 1.807) is 19.1 Å². The van der Waals surface area contributed by atoms with Crippen molar-refractivity contribution >= 4 is 29.0 Å². The first-order valence-corrected chi connectivity index (χ1v) is 7.37. The Morgan fingerprint density at radius 2 is 2.05 bits per heavy atom. The van der Waals surface area contributed by atoms with Gasteiger partial charge in [0.15, 0.2) is 0 Å². The SMILES string of the molecule is CC(O)CC(C)CNC(=O)Nc1ccc(N(C)C)c(Cl)c1. The fourth-order valence-corrected chi connectivity index (χ4v) is 2.40. The summed E-state index contributed by atoms with van der Waals surface area (Å²) in [7, 11) is 3.81. The third-order valence-electron chi connectivity index (χ3n) is 3.04. The minimum atomic E-state index is -0.359. The average Bonchev–Trinajstić information content (AvgIpc) is 2.35. The van der Waals surface area contributed by atoms with Crippen molar-refractivity contribution in [3.05, 3.63) is 23.2 Å². The molecule has 2 atom stereocenters. The van der Waals surface area contributed by atoms with Crippen LogP contribution in [0.15, 0.2) is 18.2 Å². The van der Waals surface area contributed by atoms with Gasteiger partial charge < -0.3 is 20.6 Å². The minimum Gasteiger partial charge on any atom is -0.393 e. The molecule has 2 unspecified atom stereocenters. The minimum absolute atomic E-state index is 0.218. The Morgan fingerprint density at radius 1 is 1.38 bits per heavy atom. The monoisotopic (exact) mass is 313 g/mol. The van der Waals surface area contributed by atoms with Crippen LogP contribution < -0.4 is 15.5 Å². The Morgan fingerprint density at radius 3 is 2.57 bits per heavy atom. The van der Waals surface area contributed by atoms with Crippen LogP contribution in [0.1, 0.15) is 20.3 Å². The van der Waals surface area contributed by atoms with Crippen LogP contribution in [0.5, 0.6) is 0 Å². The van der Waals surface area contributed by atoms with Crippen molar-refractivity contribution in [3.8, 4) is 0 Å². The molecule has 0 aromatic heterocycles. The molecule has 0 aliphatic carbocycles. The van der Waals surface area contributed by atoms with E-state index in [9.17, 15) is 9.90 Å². The number of anilines is 2. The van der Waals surface area contributed by atoms with Gasteiger partial charge in [0, 0.05) is 26.3 Å². The number of benzene rings is 1. The van der Waals surface area contributed by atoms with Crippen molar-refractivity contribution in [2.24, 2.45) is 5.92 Å². The van der Waals surface area contributed by atoms with Crippen molar-refractivity contribution in [3.63, 3.8) is 0 Å². The topological polar surface area (TPSA) is 64.6 Å². The number of hydrogen-bond donors (Lipinski definition) is 3. The average molecular weight is 314 g/mol. The van der Waals surface area contributed by atoms with Crippen molar-refractivity contribution < 1.29 is 9.90 Å². The molecule has 3 N–H and O–H groups in total. The van der Waals surface area contributed by atoms with E-state index in [2.05, 4.69) is 10.6 Å². The molecule has 2 amide bonds. The Bertz CT molecular complexity index is 478. The van der Waals surface area contributed by atoms with Crippen LogP contribution in [-0.2, 0) is 0 Å². The van der Waals surface area contributed by atoms with Crippen LogP contribution in [0.4, 0.5) is 16.2 Å². The maximum atomic E-state index is 11.8. The third kappa shape index (κ3) is 6.23. The summed E-state index contributed by atoms with van der Waals surface area (Å²) in [4.78, 5) is 13.7. The van der Waals surface area contributed by atoms with E-state index in [0.717, 1.165) is 5.69 Å². The summed E-state index contributed by atoms with van der Waals surface area (Å²) in [5, 5.41) is 15.4. The molecule has 1 aromatic carbocycles. The van der Waals surface area contributed by atoms with Gasteiger partial charge >= 0.3 is 6.03 Å². The highest BCUT2D eigenvalue weighted by atomic mass is 35.5. The van der Waals surface area contributed by atoms with Crippen LogP contribution in [0.2, 0.25) is 5.02 Å². The number of aliphatic hydroxyl groups is 1. The van der Waals surface area contributed by atoms with E-state index in [0.29, 0.717) is 23.7 Å². The Labute approximate surface area is 131 Å². The number of carbonyl (C=O) groups excluding carboxylic acids is 1. The maximum Gasteiger partial charge on any atom is 0.319 e. The van der Waals surface area contributed by atoms with Crippen LogP contribution in [0, 0.1) is 5.92 Å². The Kier molecular flexibility index (Phi) is 6.78. The van der Waals surface area contributed by atoms with Gasteiger partial charge in [0.1, 0.15) is 0 Å². The van der Waals surface area contributed by atoms with Gasteiger partial charge in [0.2, 0.25) is 0 Å². The van der Waals surface area contributed by atoms with Crippen molar-refractivity contribution in [1.29, 1.82) is 0 Å². The predicted molar refractivity (Wildman–Crippen MR) is 88.3 cm³/mol. The number of amides is 2. The normalized spacial score (nSPS) is 13.4. The number of halogens is 1. The van der Waals surface area contributed by atoms with Crippen molar-refractivity contribution in [2.75, 3.05) is 30.9 Å². The largest absolute Gasteiger partial charge is 0.393 e. The molecular formula is C15H24ClN3O2. The fraction of sp³-hybridized carbons (Fsp3) is 0.533. The number of nitrogens with zero attached hydrogens (tertiary/aromatic N) is 1. The molecule has 118 valence electrons. The molecule has 0 aliphatic heterocycles. The Balaban J connectivity index is 2.50. The van der Waals surface area contributed by atoms with E-state index >= 15 is 0 Å². The number of hydrogen-bond acceptors (Lipinski definition) is 3. The quantitative estimate of drug-likeness (QED) is 0.756.